The van der Waals surface area contributed by atoms with Crippen LogP contribution in [0.1, 0.15) is 11.6 Å². The van der Waals surface area contributed by atoms with Crippen molar-refractivity contribution in [3.63, 3.8) is 0 Å². The van der Waals surface area contributed by atoms with Gasteiger partial charge in [0, 0.05) is 25.4 Å². The number of hydrogen-bond acceptors (Lipinski definition) is 2. The lowest BCUT2D eigenvalue weighted by molar-refractivity contribution is -0.137. The zero-order chi connectivity index (χ0) is 11.1. The van der Waals surface area contributed by atoms with E-state index in [0.717, 1.165) is 6.07 Å². The predicted molar refractivity (Wildman–Crippen MR) is 47.6 cm³/mol. The molecule has 0 spiro atoms. The Bertz CT molecular complexity index is 420. The second-order valence-electron chi connectivity index (χ2n) is 3.47. The highest BCUT2D eigenvalue weighted by Crippen LogP contribution is 2.28. The van der Waals surface area contributed by atoms with Crippen LogP contribution in [0.3, 0.4) is 0 Å². The zero-order valence-corrected chi connectivity index (χ0v) is 7.71. The molecule has 0 unspecified atom stereocenters. The minimum Gasteiger partial charge on any atom is -0.313 e. The van der Waals surface area contributed by atoms with E-state index in [1.807, 2.05) is 0 Å². The smallest absolute Gasteiger partial charge is 0.313 e. The highest BCUT2D eigenvalue weighted by atomic mass is 19.4. The van der Waals surface area contributed by atoms with Gasteiger partial charge in [-0.1, -0.05) is 0 Å². The van der Waals surface area contributed by atoms with Gasteiger partial charge in [-0.15, -0.1) is 0 Å². The standard InChI is InChI=1S/C9H9F3N2O/c10-9(11,12)6-1-2-14(8(15)3-6)7-4-13-5-7/h1-3,7,13H,4-5H2. The number of aromatic nitrogens is 1. The van der Waals surface area contributed by atoms with E-state index in [4.69, 9.17) is 0 Å². The van der Waals surface area contributed by atoms with Crippen LogP contribution < -0.4 is 10.9 Å². The van der Waals surface area contributed by atoms with Crippen molar-refractivity contribution in [2.24, 2.45) is 0 Å². The molecule has 0 aromatic carbocycles. The van der Waals surface area contributed by atoms with Gasteiger partial charge in [0.15, 0.2) is 0 Å². The number of halogens is 3. The second kappa shape index (κ2) is 3.37. The highest BCUT2D eigenvalue weighted by Gasteiger charge is 2.31. The number of nitrogens with zero attached hydrogens (tertiary/aromatic N) is 1. The van der Waals surface area contributed by atoms with Gasteiger partial charge in [0.2, 0.25) is 0 Å². The molecule has 3 nitrogen and oxygen atoms in total. The van der Waals surface area contributed by atoms with Crippen molar-refractivity contribution in [2.75, 3.05) is 13.1 Å². The van der Waals surface area contributed by atoms with Gasteiger partial charge in [0.1, 0.15) is 0 Å². The van der Waals surface area contributed by atoms with Gasteiger partial charge >= 0.3 is 6.18 Å². The first-order valence-electron chi connectivity index (χ1n) is 4.48. The lowest BCUT2D eigenvalue weighted by atomic mass is 10.1. The Balaban J connectivity index is 2.35. The number of hydrogen-bond donors (Lipinski definition) is 1. The van der Waals surface area contributed by atoms with Crippen molar-refractivity contribution >= 4 is 0 Å². The molecule has 0 bridgehead atoms. The van der Waals surface area contributed by atoms with Crippen LogP contribution in [0.25, 0.3) is 0 Å². The topological polar surface area (TPSA) is 34.0 Å². The SMILES string of the molecule is O=c1cc(C(F)(F)F)ccn1C1CNC1. The molecule has 82 valence electrons. The van der Waals surface area contributed by atoms with Crippen molar-refractivity contribution in [1.29, 1.82) is 0 Å². The molecule has 1 saturated heterocycles. The van der Waals surface area contributed by atoms with Crippen molar-refractivity contribution in [3.8, 4) is 0 Å². The Labute approximate surface area is 83.5 Å². The first-order valence-corrected chi connectivity index (χ1v) is 4.48. The van der Waals surface area contributed by atoms with Gasteiger partial charge in [-0.3, -0.25) is 4.79 Å². The Kier molecular flexibility index (Phi) is 2.30. The van der Waals surface area contributed by atoms with Gasteiger partial charge in [0.05, 0.1) is 11.6 Å². The molecule has 1 N–H and O–H groups in total. The molecule has 1 fully saturated rings. The maximum Gasteiger partial charge on any atom is 0.416 e. The van der Waals surface area contributed by atoms with Crippen LogP contribution in [0.2, 0.25) is 0 Å². The summed E-state index contributed by atoms with van der Waals surface area (Å²) in [4.78, 5) is 11.4. The van der Waals surface area contributed by atoms with Gasteiger partial charge in [0.25, 0.3) is 5.56 Å². The molecule has 0 amide bonds. The summed E-state index contributed by atoms with van der Waals surface area (Å²) >= 11 is 0. The second-order valence-corrected chi connectivity index (χ2v) is 3.47. The normalized spacial score (nSPS) is 17.5. The third-order valence-electron chi connectivity index (χ3n) is 2.43. The third-order valence-corrected chi connectivity index (χ3v) is 2.43. The molecule has 0 saturated carbocycles. The summed E-state index contributed by atoms with van der Waals surface area (Å²) in [5.41, 5.74) is -1.49. The molecule has 0 aliphatic carbocycles. The number of alkyl halides is 3. The molecule has 1 aromatic heterocycles. The maximum absolute atomic E-state index is 12.2. The summed E-state index contributed by atoms with van der Waals surface area (Å²) < 4.78 is 38.0. The van der Waals surface area contributed by atoms with Crippen molar-refractivity contribution in [1.82, 2.24) is 9.88 Å². The summed E-state index contributed by atoms with van der Waals surface area (Å²) in [5.74, 6) is 0. The fourth-order valence-electron chi connectivity index (χ4n) is 1.44. The van der Waals surface area contributed by atoms with E-state index in [0.29, 0.717) is 19.2 Å². The molecule has 6 heteroatoms. The summed E-state index contributed by atoms with van der Waals surface area (Å²) in [7, 11) is 0. The molecule has 1 aliphatic rings. The van der Waals surface area contributed by atoms with E-state index in [1.54, 1.807) is 0 Å². The molecule has 15 heavy (non-hydrogen) atoms. The van der Waals surface area contributed by atoms with Gasteiger partial charge in [-0.2, -0.15) is 13.2 Å². The fraction of sp³-hybridized carbons (Fsp3) is 0.444. The third kappa shape index (κ3) is 1.90. The summed E-state index contributed by atoms with van der Waals surface area (Å²) in [5, 5.41) is 2.95. The van der Waals surface area contributed by atoms with E-state index < -0.39 is 17.3 Å². The molecule has 0 atom stereocenters. The van der Waals surface area contributed by atoms with Gasteiger partial charge < -0.3 is 9.88 Å². The van der Waals surface area contributed by atoms with Crippen LogP contribution in [-0.4, -0.2) is 17.7 Å². The lowest BCUT2D eigenvalue weighted by Gasteiger charge is -2.29. The molecule has 2 rings (SSSR count). The summed E-state index contributed by atoms with van der Waals surface area (Å²) in [6, 6.07) is 1.55. The lowest BCUT2D eigenvalue weighted by Crippen LogP contribution is -2.46. The average molecular weight is 218 g/mol. The molecule has 2 heterocycles. The Hall–Kier alpha value is -1.30. The zero-order valence-electron chi connectivity index (χ0n) is 7.71. The minimum atomic E-state index is -4.45. The number of rotatable bonds is 1. The summed E-state index contributed by atoms with van der Waals surface area (Å²) in [6.07, 6.45) is -3.24. The van der Waals surface area contributed by atoms with Crippen molar-refractivity contribution < 1.29 is 13.2 Å². The van der Waals surface area contributed by atoms with Crippen LogP contribution in [0.5, 0.6) is 0 Å². The van der Waals surface area contributed by atoms with Crippen molar-refractivity contribution in [2.45, 2.75) is 12.2 Å². The van der Waals surface area contributed by atoms with E-state index in [2.05, 4.69) is 5.32 Å². The molecule has 0 radical (unpaired) electrons. The predicted octanol–water partition coefficient (Wildman–Crippen LogP) is 1.01. The Morgan fingerprint density at radius 3 is 2.47 bits per heavy atom. The summed E-state index contributed by atoms with van der Waals surface area (Å²) in [6.45, 7) is 1.26. The largest absolute Gasteiger partial charge is 0.416 e. The van der Waals surface area contributed by atoms with Crippen molar-refractivity contribution in [3.05, 3.63) is 34.2 Å². The first kappa shape index (κ1) is 10.2. The molecule has 1 aliphatic heterocycles. The van der Waals surface area contributed by atoms with Gasteiger partial charge in [-0.25, -0.2) is 0 Å². The molecule has 1 aromatic rings. The number of nitrogens with one attached hydrogen (secondary N) is 1. The van der Waals surface area contributed by atoms with Crippen LogP contribution in [0.15, 0.2) is 23.1 Å². The van der Waals surface area contributed by atoms with E-state index in [1.165, 1.54) is 10.8 Å². The van der Waals surface area contributed by atoms with E-state index in [9.17, 15) is 18.0 Å². The van der Waals surface area contributed by atoms with Crippen LogP contribution in [-0.2, 0) is 6.18 Å². The molecular formula is C9H9F3N2O. The van der Waals surface area contributed by atoms with Crippen LogP contribution >= 0.6 is 0 Å². The molecular weight excluding hydrogens is 209 g/mol. The quantitative estimate of drug-likeness (QED) is 0.763. The van der Waals surface area contributed by atoms with E-state index in [-0.39, 0.29) is 6.04 Å². The first-order chi connectivity index (χ1) is 6.98. The fourth-order valence-corrected chi connectivity index (χ4v) is 1.44. The monoisotopic (exact) mass is 218 g/mol. The Morgan fingerprint density at radius 1 is 1.40 bits per heavy atom. The average Bonchev–Trinajstić information content (AvgIpc) is 2.03. The number of pyridine rings is 1. The van der Waals surface area contributed by atoms with Crippen LogP contribution in [0, 0.1) is 0 Å². The Morgan fingerprint density at radius 2 is 2.07 bits per heavy atom. The van der Waals surface area contributed by atoms with Crippen LogP contribution in [0.4, 0.5) is 13.2 Å². The minimum absolute atomic E-state index is 0.0141. The van der Waals surface area contributed by atoms with E-state index >= 15 is 0 Å². The van der Waals surface area contributed by atoms with Gasteiger partial charge in [-0.05, 0) is 6.07 Å². The highest BCUT2D eigenvalue weighted by molar-refractivity contribution is 5.15. The maximum atomic E-state index is 12.2.